The lowest BCUT2D eigenvalue weighted by Crippen LogP contribution is -2.23. The lowest BCUT2D eigenvalue weighted by Gasteiger charge is -2.28. The Labute approximate surface area is 196 Å². The molecule has 2 unspecified atom stereocenters. The van der Waals surface area contributed by atoms with E-state index in [9.17, 15) is 10.2 Å². The van der Waals surface area contributed by atoms with E-state index in [2.05, 4.69) is 39.1 Å². The molecule has 0 saturated heterocycles. The maximum atomic E-state index is 9.61. The molecule has 0 aromatic heterocycles. The fourth-order valence-corrected chi connectivity index (χ4v) is 3.49. The Balaban J connectivity index is 2.36. The van der Waals surface area contributed by atoms with Gasteiger partial charge in [-0.1, -0.05) is 50.3 Å². The third-order valence-electron chi connectivity index (χ3n) is 5.58. The van der Waals surface area contributed by atoms with E-state index in [0.717, 1.165) is 22.3 Å². The molecule has 2 atom stereocenters. The Hall–Kier alpha value is -2.64. The van der Waals surface area contributed by atoms with E-state index in [-0.39, 0.29) is 31.8 Å². The van der Waals surface area contributed by atoms with Crippen molar-refractivity contribution in [1.29, 1.82) is 0 Å². The first-order valence-corrected chi connectivity index (χ1v) is 11.1. The highest BCUT2D eigenvalue weighted by molar-refractivity contribution is 5.48. The van der Waals surface area contributed by atoms with E-state index in [4.69, 9.17) is 19.7 Å². The van der Waals surface area contributed by atoms with Crippen LogP contribution in [0.4, 0.5) is 0 Å². The first-order chi connectivity index (χ1) is 15.8. The maximum absolute atomic E-state index is 9.61. The molecule has 0 bridgehead atoms. The minimum Gasteiger partial charge on any atom is -0.491 e. The molecule has 33 heavy (non-hydrogen) atoms. The van der Waals surface area contributed by atoms with Crippen molar-refractivity contribution in [2.45, 2.75) is 44.3 Å². The zero-order valence-electron chi connectivity index (χ0n) is 19.5. The van der Waals surface area contributed by atoms with Gasteiger partial charge in [0.1, 0.15) is 36.9 Å². The monoisotopic (exact) mass is 456 g/mol. The fourth-order valence-electron chi connectivity index (χ4n) is 3.49. The van der Waals surface area contributed by atoms with Gasteiger partial charge in [0.15, 0.2) is 0 Å². The molecule has 0 fully saturated rings. The van der Waals surface area contributed by atoms with Crippen molar-refractivity contribution in [3.05, 3.63) is 84.0 Å². The molecule has 4 N–H and O–H groups in total. The van der Waals surface area contributed by atoms with Crippen molar-refractivity contribution in [1.82, 2.24) is 0 Å². The van der Waals surface area contributed by atoms with Crippen LogP contribution < -0.4 is 9.47 Å². The minimum atomic E-state index is -0.930. The number of ether oxygens (including phenoxy) is 2. The van der Waals surface area contributed by atoms with Gasteiger partial charge in [-0.15, -0.1) is 13.2 Å². The molecule has 6 nitrogen and oxygen atoms in total. The molecule has 180 valence electrons. The topological polar surface area (TPSA) is 99.4 Å². The largest absolute Gasteiger partial charge is 0.491 e. The van der Waals surface area contributed by atoms with Gasteiger partial charge in [0.25, 0.3) is 0 Å². The molecule has 2 rings (SSSR count). The Kier molecular flexibility index (Phi) is 10.1. The lowest BCUT2D eigenvalue weighted by atomic mass is 9.76. The second kappa shape index (κ2) is 12.6. The van der Waals surface area contributed by atoms with E-state index in [0.29, 0.717) is 24.3 Å². The zero-order valence-corrected chi connectivity index (χ0v) is 19.5. The molecule has 0 amide bonds. The number of hydrogen-bond acceptors (Lipinski definition) is 6. The molecule has 0 heterocycles. The third kappa shape index (κ3) is 7.17. The summed E-state index contributed by atoms with van der Waals surface area (Å²) in [6, 6.07) is 11.9. The molecule has 0 spiro atoms. The Morgan fingerprint density at radius 2 is 1.18 bits per heavy atom. The summed E-state index contributed by atoms with van der Waals surface area (Å²) < 4.78 is 11.4. The van der Waals surface area contributed by atoms with Gasteiger partial charge in [-0.25, -0.2) is 0 Å². The van der Waals surface area contributed by atoms with Crippen molar-refractivity contribution >= 4 is 0 Å². The summed E-state index contributed by atoms with van der Waals surface area (Å²) in [5, 5.41) is 37.3. The van der Waals surface area contributed by atoms with Gasteiger partial charge >= 0.3 is 0 Å². The molecular weight excluding hydrogens is 420 g/mol. The molecule has 0 radical (unpaired) electrons. The van der Waals surface area contributed by atoms with Crippen LogP contribution >= 0.6 is 0 Å². The molecule has 6 heteroatoms. The van der Waals surface area contributed by atoms with Crippen LogP contribution in [0, 0.1) is 0 Å². The van der Waals surface area contributed by atoms with Gasteiger partial charge in [0.05, 0.1) is 13.2 Å². The highest BCUT2D eigenvalue weighted by Crippen LogP contribution is 2.36. The molecule has 0 saturated carbocycles. The number of aliphatic hydroxyl groups excluding tert-OH is 4. The van der Waals surface area contributed by atoms with Crippen LogP contribution in [0.1, 0.15) is 36.1 Å². The summed E-state index contributed by atoms with van der Waals surface area (Å²) in [5.74, 6) is 1.31. The summed E-state index contributed by atoms with van der Waals surface area (Å²) in [7, 11) is 0. The van der Waals surface area contributed by atoms with Crippen molar-refractivity contribution in [2.24, 2.45) is 0 Å². The van der Waals surface area contributed by atoms with Crippen molar-refractivity contribution < 1.29 is 29.9 Å². The van der Waals surface area contributed by atoms with Gasteiger partial charge in [0.2, 0.25) is 0 Å². The van der Waals surface area contributed by atoms with Gasteiger partial charge in [0, 0.05) is 5.41 Å². The number of aliphatic hydroxyl groups is 4. The lowest BCUT2D eigenvalue weighted by molar-refractivity contribution is 0.0533. The van der Waals surface area contributed by atoms with Crippen LogP contribution in [-0.2, 0) is 18.3 Å². The standard InChI is InChI=1S/C27H36O6/c1-5-7-19-13-21(9-11-25(19)32-17-23(30)15-28)27(3,4)22-10-12-26(20(14-22)8-6-2)33-18-24(31)16-29/h5-6,9-14,23-24,28-31H,1-2,7-8,15-18H2,3-4H3. The molecule has 0 aliphatic rings. The van der Waals surface area contributed by atoms with E-state index >= 15 is 0 Å². The fraction of sp³-hybridized carbons (Fsp3) is 0.407. The Morgan fingerprint density at radius 3 is 1.52 bits per heavy atom. The molecule has 2 aromatic carbocycles. The van der Waals surface area contributed by atoms with Gasteiger partial charge < -0.3 is 29.9 Å². The summed E-state index contributed by atoms with van der Waals surface area (Å²) in [6.07, 6.45) is 2.96. The molecular formula is C27H36O6. The second-order valence-corrected chi connectivity index (χ2v) is 8.55. The first-order valence-electron chi connectivity index (χ1n) is 11.1. The average Bonchev–Trinajstić information content (AvgIpc) is 2.82. The van der Waals surface area contributed by atoms with Crippen molar-refractivity contribution in [2.75, 3.05) is 26.4 Å². The van der Waals surface area contributed by atoms with Crippen LogP contribution in [0.15, 0.2) is 61.7 Å². The highest BCUT2D eigenvalue weighted by atomic mass is 16.5. The quantitative estimate of drug-likeness (QED) is 0.326. The summed E-state index contributed by atoms with van der Waals surface area (Å²) >= 11 is 0. The molecule has 0 aliphatic heterocycles. The van der Waals surface area contributed by atoms with E-state index < -0.39 is 12.2 Å². The van der Waals surface area contributed by atoms with Crippen LogP contribution in [0.25, 0.3) is 0 Å². The van der Waals surface area contributed by atoms with Gasteiger partial charge in [-0.3, -0.25) is 0 Å². The summed E-state index contributed by atoms with van der Waals surface area (Å²) in [5.41, 5.74) is 3.74. The van der Waals surface area contributed by atoms with Crippen molar-refractivity contribution in [3.8, 4) is 11.5 Å². The SMILES string of the molecule is C=CCc1cc(C(C)(C)c2ccc(OCC(O)CO)c(CC=C)c2)ccc1OCC(O)CO. The summed E-state index contributed by atoms with van der Waals surface area (Å²) in [6.45, 7) is 11.3. The van der Waals surface area contributed by atoms with Crippen LogP contribution in [0.2, 0.25) is 0 Å². The predicted molar refractivity (Wildman–Crippen MR) is 130 cm³/mol. The second-order valence-electron chi connectivity index (χ2n) is 8.55. The van der Waals surface area contributed by atoms with Crippen LogP contribution in [0.3, 0.4) is 0 Å². The maximum Gasteiger partial charge on any atom is 0.122 e. The zero-order chi connectivity index (χ0) is 24.4. The summed E-state index contributed by atoms with van der Waals surface area (Å²) in [4.78, 5) is 0. The smallest absolute Gasteiger partial charge is 0.122 e. The third-order valence-corrected chi connectivity index (χ3v) is 5.58. The number of rotatable bonds is 14. The number of allylic oxidation sites excluding steroid dienone is 2. The predicted octanol–water partition coefficient (Wildman–Crippen LogP) is 2.93. The van der Waals surface area contributed by atoms with Crippen LogP contribution in [0.5, 0.6) is 11.5 Å². The minimum absolute atomic E-state index is 0.0146. The van der Waals surface area contributed by atoms with E-state index in [1.807, 2.05) is 24.3 Å². The average molecular weight is 457 g/mol. The number of hydrogen-bond donors (Lipinski definition) is 4. The van der Waals surface area contributed by atoms with Crippen LogP contribution in [-0.4, -0.2) is 59.1 Å². The van der Waals surface area contributed by atoms with Gasteiger partial charge in [-0.05, 0) is 47.2 Å². The van der Waals surface area contributed by atoms with Crippen molar-refractivity contribution in [3.63, 3.8) is 0 Å². The van der Waals surface area contributed by atoms with E-state index in [1.165, 1.54) is 0 Å². The highest BCUT2D eigenvalue weighted by Gasteiger charge is 2.25. The van der Waals surface area contributed by atoms with Gasteiger partial charge in [-0.2, -0.15) is 0 Å². The van der Waals surface area contributed by atoms with E-state index in [1.54, 1.807) is 12.2 Å². The molecule has 0 aliphatic carbocycles. The number of benzene rings is 2. The Bertz CT molecular complexity index is 847. The molecule has 2 aromatic rings. The Morgan fingerprint density at radius 1 is 0.788 bits per heavy atom. The normalized spacial score (nSPS) is 13.3. The first kappa shape index (κ1) is 26.6.